The fourth-order valence-corrected chi connectivity index (χ4v) is 3.56. The molecule has 0 heterocycles. The highest BCUT2D eigenvalue weighted by atomic mass is 79.9. The Morgan fingerprint density at radius 2 is 1.77 bits per heavy atom. The van der Waals surface area contributed by atoms with E-state index in [0.29, 0.717) is 28.6 Å². The second-order valence-corrected chi connectivity index (χ2v) is 8.45. The quantitative estimate of drug-likeness (QED) is 0.301. The number of halogens is 2. The van der Waals surface area contributed by atoms with Crippen LogP contribution >= 0.6 is 27.5 Å². The number of ether oxygens (including phenoxy) is 1. The Kier molecular flexibility index (Phi) is 7.51. The van der Waals surface area contributed by atoms with Crippen LogP contribution in [0.4, 0.5) is 5.69 Å². The molecule has 0 aliphatic carbocycles. The number of nitriles is 1. The van der Waals surface area contributed by atoms with Gasteiger partial charge < -0.3 is 10.1 Å². The topological polar surface area (TPSA) is 62.1 Å². The molecule has 6 heteroatoms. The molecule has 1 N–H and O–H groups in total. The molecule has 0 spiro atoms. The molecular formula is C25H20BrClN2O2. The van der Waals surface area contributed by atoms with Crippen LogP contribution in [-0.4, -0.2) is 5.91 Å². The van der Waals surface area contributed by atoms with Gasteiger partial charge in [0.2, 0.25) is 0 Å². The Balaban J connectivity index is 1.83. The van der Waals surface area contributed by atoms with Crippen molar-refractivity contribution in [3.8, 4) is 11.8 Å². The first-order valence-electron chi connectivity index (χ1n) is 9.52. The van der Waals surface area contributed by atoms with Crippen LogP contribution in [0.25, 0.3) is 6.08 Å². The Morgan fingerprint density at radius 1 is 1.10 bits per heavy atom. The normalized spacial score (nSPS) is 11.0. The number of carbonyl (C=O) groups excluding carboxylic acids is 1. The van der Waals surface area contributed by atoms with E-state index in [1.165, 1.54) is 6.08 Å². The van der Waals surface area contributed by atoms with E-state index in [9.17, 15) is 10.1 Å². The van der Waals surface area contributed by atoms with Gasteiger partial charge in [-0.15, -0.1) is 0 Å². The smallest absolute Gasteiger partial charge is 0.266 e. The lowest BCUT2D eigenvalue weighted by Crippen LogP contribution is -2.13. The predicted molar refractivity (Wildman–Crippen MR) is 128 cm³/mol. The van der Waals surface area contributed by atoms with E-state index in [0.717, 1.165) is 21.2 Å². The Bertz CT molecular complexity index is 1160. The first-order chi connectivity index (χ1) is 14.8. The summed E-state index contributed by atoms with van der Waals surface area (Å²) in [5.41, 5.74) is 4.45. The van der Waals surface area contributed by atoms with E-state index in [1.54, 1.807) is 42.5 Å². The van der Waals surface area contributed by atoms with Gasteiger partial charge in [-0.05, 0) is 68.0 Å². The van der Waals surface area contributed by atoms with Crippen molar-refractivity contribution in [1.82, 2.24) is 0 Å². The number of rotatable bonds is 6. The van der Waals surface area contributed by atoms with Crippen LogP contribution in [-0.2, 0) is 11.4 Å². The van der Waals surface area contributed by atoms with Gasteiger partial charge in [0, 0.05) is 20.7 Å². The average Bonchev–Trinajstić information content (AvgIpc) is 2.72. The van der Waals surface area contributed by atoms with Crippen molar-refractivity contribution in [2.75, 3.05) is 5.32 Å². The second kappa shape index (κ2) is 10.3. The minimum Gasteiger partial charge on any atom is -0.488 e. The van der Waals surface area contributed by atoms with Crippen LogP contribution in [0.2, 0.25) is 5.02 Å². The van der Waals surface area contributed by atoms with E-state index in [-0.39, 0.29) is 5.57 Å². The zero-order chi connectivity index (χ0) is 22.4. The third-order valence-corrected chi connectivity index (χ3v) is 5.18. The molecule has 0 aliphatic heterocycles. The summed E-state index contributed by atoms with van der Waals surface area (Å²) in [5.74, 6) is 0.0257. The fourth-order valence-electron chi connectivity index (χ4n) is 3.11. The monoisotopic (exact) mass is 494 g/mol. The minimum absolute atomic E-state index is 0.0542. The lowest BCUT2D eigenvalue weighted by atomic mass is 10.1. The summed E-state index contributed by atoms with van der Waals surface area (Å²) in [6.07, 6.45) is 1.48. The lowest BCUT2D eigenvalue weighted by molar-refractivity contribution is -0.112. The standard InChI is InChI=1S/C25H20BrClN2O2/c1-16-9-17(2)11-18(10-16)15-31-24-8-5-22(27)13-19(24)12-20(14-28)25(30)29-23-6-3-21(26)4-7-23/h3-13H,15H2,1-2H3,(H,29,30)/b20-12+. The van der Waals surface area contributed by atoms with Gasteiger partial charge >= 0.3 is 0 Å². The summed E-state index contributed by atoms with van der Waals surface area (Å²) in [6, 6.07) is 20.4. The molecule has 0 saturated heterocycles. The van der Waals surface area contributed by atoms with Crippen molar-refractivity contribution in [2.45, 2.75) is 20.5 Å². The first-order valence-corrected chi connectivity index (χ1v) is 10.7. The summed E-state index contributed by atoms with van der Waals surface area (Å²) in [4.78, 5) is 12.6. The number of nitrogens with one attached hydrogen (secondary N) is 1. The van der Waals surface area contributed by atoms with Gasteiger partial charge in [0.1, 0.15) is 24.0 Å². The predicted octanol–water partition coefficient (Wildman–Crippen LogP) is 6.84. The van der Waals surface area contributed by atoms with Gasteiger partial charge in [0.15, 0.2) is 0 Å². The highest BCUT2D eigenvalue weighted by Crippen LogP contribution is 2.27. The van der Waals surface area contributed by atoms with Crippen LogP contribution in [0.15, 0.2) is 70.7 Å². The van der Waals surface area contributed by atoms with Crippen molar-refractivity contribution in [3.05, 3.63) is 98.0 Å². The largest absolute Gasteiger partial charge is 0.488 e. The zero-order valence-corrected chi connectivity index (χ0v) is 19.4. The van der Waals surface area contributed by atoms with Gasteiger partial charge in [-0.25, -0.2) is 0 Å². The Hall–Kier alpha value is -3.07. The summed E-state index contributed by atoms with van der Waals surface area (Å²) in [6.45, 7) is 4.43. The number of nitrogens with zero attached hydrogens (tertiary/aromatic N) is 1. The first kappa shape index (κ1) is 22.6. The van der Waals surface area contributed by atoms with E-state index in [2.05, 4.69) is 39.4 Å². The van der Waals surface area contributed by atoms with E-state index >= 15 is 0 Å². The highest BCUT2D eigenvalue weighted by molar-refractivity contribution is 9.10. The van der Waals surface area contributed by atoms with Gasteiger partial charge in [0.05, 0.1) is 0 Å². The Morgan fingerprint density at radius 3 is 2.42 bits per heavy atom. The molecule has 0 saturated carbocycles. The van der Waals surface area contributed by atoms with Crippen molar-refractivity contribution in [1.29, 1.82) is 5.26 Å². The van der Waals surface area contributed by atoms with Crippen LogP contribution in [0, 0.1) is 25.2 Å². The van der Waals surface area contributed by atoms with Crippen molar-refractivity contribution in [3.63, 3.8) is 0 Å². The number of hydrogen-bond donors (Lipinski definition) is 1. The van der Waals surface area contributed by atoms with E-state index in [1.807, 2.05) is 19.9 Å². The van der Waals surface area contributed by atoms with E-state index < -0.39 is 5.91 Å². The molecule has 156 valence electrons. The molecule has 3 aromatic carbocycles. The Labute approximate surface area is 195 Å². The van der Waals surface area contributed by atoms with Crippen LogP contribution < -0.4 is 10.1 Å². The molecule has 0 aliphatic rings. The maximum absolute atomic E-state index is 12.6. The average molecular weight is 496 g/mol. The third kappa shape index (κ3) is 6.45. The molecule has 0 atom stereocenters. The molecular weight excluding hydrogens is 476 g/mol. The number of benzene rings is 3. The molecule has 0 aromatic heterocycles. The molecule has 31 heavy (non-hydrogen) atoms. The maximum Gasteiger partial charge on any atom is 0.266 e. The molecule has 3 aromatic rings. The highest BCUT2D eigenvalue weighted by Gasteiger charge is 2.12. The van der Waals surface area contributed by atoms with E-state index in [4.69, 9.17) is 16.3 Å². The van der Waals surface area contributed by atoms with Gasteiger partial charge in [-0.1, -0.05) is 56.9 Å². The van der Waals surface area contributed by atoms with Crippen LogP contribution in [0.1, 0.15) is 22.3 Å². The SMILES string of the molecule is Cc1cc(C)cc(COc2ccc(Cl)cc2/C=C(\C#N)C(=O)Nc2ccc(Br)cc2)c1. The molecule has 0 radical (unpaired) electrons. The van der Waals surface area contributed by atoms with Gasteiger partial charge in [-0.2, -0.15) is 5.26 Å². The van der Waals surface area contributed by atoms with Crippen molar-refractivity contribution >= 4 is 45.2 Å². The lowest BCUT2D eigenvalue weighted by Gasteiger charge is -2.12. The number of aryl methyl sites for hydroxylation is 2. The van der Waals surface area contributed by atoms with Crippen molar-refractivity contribution < 1.29 is 9.53 Å². The van der Waals surface area contributed by atoms with Gasteiger partial charge in [0.25, 0.3) is 5.91 Å². The molecule has 0 fully saturated rings. The maximum atomic E-state index is 12.6. The summed E-state index contributed by atoms with van der Waals surface area (Å²) in [7, 11) is 0. The minimum atomic E-state index is -0.509. The number of hydrogen-bond acceptors (Lipinski definition) is 3. The second-order valence-electron chi connectivity index (χ2n) is 7.10. The van der Waals surface area contributed by atoms with Crippen LogP contribution in [0.5, 0.6) is 5.75 Å². The third-order valence-electron chi connectivity index (χ3n) is 4.41. The van der Waals surface area contributed by atoms with Gasteiger partial charge in [-0.3, -0.25) is 4.79 Å². The summed E-state index contributed by atoms with van der Waals surface area (Å²) in [5, 5.41) is 12.8. The van der Waals surface area contributed by atoms with Crippen LogP contribution in [0.3, 0.4) is 0 Å². The molecule has 0 unspecified atom stereocenters. The molecule has 4 nitrogen and oxygen atoms in total. The molecule has 1 amide bonds. The molecule has 0 bridgehead atoms. The summed E-state index contributed by atoms with van der Waals surface area (Å²) >= 11 is 9.50. The fraction of sp³-hybridized carbons (Fsp3) is 0.120. The summed E-state index contributed by atoms with van der Waals surface area (Å²) < 4.78 is 6.89. The number of anilines is 1. The zero-order valence-electron chi connectivity index (χ0n) is 17.1. The van der Waals surface area contributed by atoms with Crippen molar-refractivity contribution in [2.24, 2.45) is 0 Å². The number of amides is 1. The number of carbonyl (C=O) groups is 1. The molecule has 3 rings (SSSR count).